The van der Waals surface area contributed by atoms with Gasteiger partial charge in [-0.1, -0.05) is 23.2 Å². The van der Waals surface area contributed by atoms with Crippen molar-refractivity contribution in [1.29, 1.82) is 5.26 Å². The Morgan fingerprint density at radius 2 is 1.71 bits per heavy atom. The van der Waals surface area contributed by atoms with Crippen LogP contribution in [0.2, 0.25) is 10.0 Å². The van der Waals surface area contributed by atoms with Gasteiger partial charge in [-0.25, -0.2) is 0 Å². The third kappa shape index (κ3) is 3.33. The summed E-state index contributed by atoms with van der Waals surface area (Å²) in [6.07, 6.45) is 0. The van der Waals surface area contributed by atoms with Gasteiger partial charge in [0.15, 0.2) is 0 Å². The molecule has 0 saturated carbocycles. The Balaban J connectivity index is 2.48. The highest BCUT2D eigenvalue weighted by Gasteiger charge is 2.12. The number of hydrogen-bond donors (Lipinski definition) is 1. The molecule has 0 bridgehead atoms. The molecule has 0 saturated heterocycles. The van der Waals surface area contributed by atoms with Gasteiger partial charge in [-0.2, -0.15) is 5.26 Å². The van der Waals surface area contributed by atoms with Crippen molar-refractivity contribution in [1.82, 2.24) is 0 Å². The van der Waals surface area contributed by atoms with E-state index < -0.39 is 0 Å². The molecular weight excluding hydrogens is 311 g/mol. The Kier molecular flexibility index (Phi) is 4.79. The SMILES string of the molecule is COc1cc(Nc2cc(Cl)ccc2C#N)c(OC)cc1Cl. The molecule has 2 aromatic carbocycles. The van der Waals surface area contributed by atoms with Crippen LogP contribution in [0.25, 0.3) is 0 Å². The molecule has 0 aliphatic carbocycles. The van der Waals surface area contributed by atoms with Crippen LogP contribution in [-0.2, 0) is 0 Å². The van der Waals surface area contributed by atoms with Crippen LogP contribution in [0.1, 0.15) is 5.56 Å². The lowest BCUT2D eigenvalue weighted by atomic mass is 10.2. The number of halogens is 2. The van der Waals surface area contributed by atoms with E-state index in [0.29, 0.717) is 38.5 Å². The summed E-state index contributed by atoms with van der Waals surface area (Å²) in [5, 5.41) is 13.2. The van der Waals surface area contributed by atoms with E-state index in [1.807, 2.05) is 0 Å². The summed E-state index contributed by atoms with van der Waals surface area (Å²) in [7, 11) is 3.06. The van der Waals surface area contributed by atoms with Gasteiger partial charge in [0, 0.05) is 17.2 Å². The van der Waals surface area contributed by atoms with Crippen molar-refractivity contribution in [3.63, 3.8) is 0 Å². The summed E-state index contributed by atoms with van der Waals surface area (Å²) in [5.41, 5.74) is 1.67. The number of anilines is 2. The first-order chi connectivity index (χ1) is 10.1. The molecule has 0 aliphatic heterocycles. The second-order valence-electron chi connectivity index (χ2n) is 4.11. The van der Waals surface area contributed by atoms with Gasteiger partial charge in [0.1, 0.15) is 17.6 Å². The van der Waals surface area contributed by atoms with Crippen molar-refractivity contribution in [3.05, 3.63) is 45.9 Å². The Morgan fingerprint density at radius 1 is 1.00 bits per heavy atom. The lowest BCUT2D eigenvalue weighted by molar-refractivity contribution is 0.405. The van der Waals surface area contributed by atoms with Gasteiger partial charge in [-0.05, 0) is 18.2 Å². The average molecular weight is 323 g/mol. The zero-order valence-electron chi connectivity index (χ0n) is 11.4. The van der Waals surface area contributed by atoms with Crippen molar-refractivity contribution in [3.8, 4) is 17.6 Å². The molecule has 0 fully saturated rings. The summed E-state index contributed by atoms with van der Waals surface area (Å²) in [4.78, 5) is 0. The van der Waals surface area contributed by atoms with Gasteiger partial charge in [0.05, 0.1) is 36.2 Å². The predicted octanol–water partition coefficient (Wildman–Crippen LogP) is 4.63. The lowest BCUT2D eigenvalue weighted by Gasteiger charge is -2.15. The van der Waals surface area contributed by atoms with Crippen LogP contribution in [0.4, 0.5) is 11.4 Å². The zero-order valence-corrected chi connectivity index (χ0v) is 12.9. The first-order valence-corrected chi connectivity index (χ1v) is 6.72. The molecule has 0 unspecified atom stereocenters. The van der Waals surface area contributed by atoms with E-state index in [2.05, 4.69) is 11.4 Å². The quantitative estimate of drug-likeness (QED) is 0.891. The molecule has 0 heterocycles. The maximum atomic E-state index is 9.15. The van der Waals surface area contributed by atoms with Crippen molar-refractivity contribution < 1.29 is 9.47 Å². The molecule has 108 valence electrons. The summed E-state index contributed by atoms with van der Waals surface area (Å²) < 4.78 is 10.5. The number of methoxy groups -OCH3 is 2. The van der Waals surface area contributed by atoms with E-state index in [-0.39, 0.29) is 0 Å². The van der Waals surface area contributed by atoms with E-state index >= 15 is 0 Å². The molecular formula is C15H12Cl2N2O2. The van der Waals surface area contributed by atoms with E-state index in [0.717, 1.165) is 0 Å². The topological polar surface area (TPSA) is 54.3 Å². The highest BCUT2D eigenvalue weighted by molar-refractivity contribution is 6.32. The molecule has 2 aromatic rings. The highest BCUT2D eigenvalue weighted by Crippen LogP contribution is 2.38. The fraction of sp³-hybridized carbons (Fsp3) is 0.133. The number of nitriles is 1. The molecule has 21 heavy (non-hydrogen) atoms. The van der Waals surface area contributed by atoms with Gasteiger partial charge in [-0.3, -0.25) is 0 Å². The molecule has 1 N–H and O–H groups in total. The number of ether oxygens (including phenoxy) is 2. The van der Waals surface area contributed by atoms with Crippen LogP contribution in [0.3, 0.4) is 0 Å². The minimum Gasteiger partial charge on any atom is -0.495 e. The summed E-state index contributed by atoms with van der Waals surface area (Å²) >= 11 is 12.0. The number of nitrogens with one attached hydrogen (secondary N) is 1. The van der Waals surface area contributed by atoms with E-state index in [1.54, 1.807) is 30.3 Å². The van der Waals surface area contributed by atoms with Crippen molar-refractivity contribution >= 4 is 34.6 Å². The Hall–Kier alpha value is -2.09. The summed E-state index contributed by atoms with van der Waals surface area (Å²) in [6, 6.07) is 10.4. The fourth-order valence-corrected chi connectivity index (χ4v) is 2.22. The molecule has 2 rings (SSSR count). The smallest absolute Gasteiger partial charge is 0.144 e. The second kappa shape index (κ2) is 6.57. The van der Waals surface area contributed by atoms with Crippen LogP contribution in [-0.4, -0.2) is 14.2 Å². The molecule has 6 heteroatoms. The van der Waals surface area contributed by atoms with Crippen molar-refractivity contribution in [2.75, 3.05) is 19.5 Å². The Labute approximate surface area is 132 Å². The van der Waals surface area contributed by atoms with Gasteiger partial charge in [0.25, 0.3) is 0 Å². The molecule has 0 aromatic heterocycles. The second-order valence-corrected chi connectivity index (χ2v) is 4.96. The van der Waals surface area contributed by atoms with E-state index in [9.17, 15) is 0 Å². The Morgan fingerprint density at radius 3 is 2.33 bits per heavy atom. The first-order valence-electron chi connectivity index (χ1n) is 5.97. The maximum Gasteiger partial charge on any atom is 0.144 e. The largest absolute Gasteiger partial charge is 0.495 e. The minimum atomic E-state index is 0.437. The Bertz CT molecular complexity index is 712. The van der Waals surface area contributed by atoms with Gasteiger partial charge < -0.3 is 14.8 Å². The number of hydrogen-bond acceptors (Lipinski definition) is 4. The van der Waals surface area contributed by atoms with Crippen LogP contribution in [0.15, 0.2) is 30.3 Å². The molecule has 4 nitrogen and oxygen atoms in total. The monoisotopic (exact) mass is 322 g/mol. The standard InChI is InChI=1S/C15H12Cl2N2O2/c1-20-14-7-13(15(21-2)6-11(14)17)19-12-5-10(16)4-3-9(12)8-18/h3-7,19H,1-2H3. The van der Waals surface area contributed by atoms with Gasteiger partial charge >= 0.3 is 0 Å². The fourth-order valence-electron chi connectivity index (χ4n) is 1.82. The summed E-state index contributed by atoms with van der Waals surface area (Å²) in [5.74, 6) is 1.03. The normalized spacial score (nSPS) is 9.86. The van der Waals surface area contributed by atoms with Crippen molar-refractivity contribution in [2.24, 2.45) is 0 Å². The van der Waals surface area contributed by atoms with Crippen LogP contribution in [0, 0.1) is 11.3 Å². The van der Waals surface area contributed by atoms with Crippen molar-refractivity contribution in [2.45, 2.75) is 0 Å². The van der Waals surface area contributed by atoms with Gasteiger partial charge in [0.2, 0.25) is 0 Å². The molecule has 0 spiro atoms. The molecule has 0 aliphatic rings. The lowest BCUT2D eigenvalue weighted by Crippen LogP contribution is -1.98. The molecule has 0 amide bonds. The molecule has 0 radical (unpaired) electrons. The predicted molar refractivity (Wildman–Crippen MR) is 84.0 cm³/mol. The minimum absolute atomic E-state index is 0.437. The third-order valence-electron chi connectivity index (χ3n) is 2.85. The number of nitrogens with zero attached hydrogens (tertiary/aromatic N) is 1. The van der Waals surface area contributed by atoms with E-state index in [4.69, 9.17) is 37.9 Å². The third-order valence-corrected chi connectivity index (χ3v) is 3.38. The summed E-state index contributed by atoms with van der Waals surface area (Å²) in [6.45, 7) is 0. The maximum absolute atomic E-state index is 9.15. The molecule has 0 atom stereocenters. The zero-order chi connectivity index (χ0) is 15.4. The first kappa shape index (κ1) is 15.3. The number of rotatable bonds is 4. The van der Waals surface area contributed by atoms with Crippen LogP contribution < -0.4 is 14.8 Å². The highest BCUT2D eigenvalue weighted by atomic mass is 35.5. The van der Waals surface area contributed by atoms with Gasteiger partial charge in [-0.15, -0.1) is 0 Å². The van der Waals surface area contributed by atoms with Crippen LogP contribution in [0.5, 0.6) is 11.5 Å². The van der Waals surface area contributed by atoms with Crippen LogP contribution >= 0.6 is 23.2 Å². The number of benzene rings is 2. The van der Waals surface area contributed by atoms with E-state index in [1.165, 1.54) is 14.2 Å². The average Bonchev–Trinajstić information content (AvgIpc) is 2.48.